The molecule has 1 aromatic heterocycles. The van der Waals surface area contributed by atoms with Gasteiger partial charge in [-0.1, -0.05) is 17.7 Å². The summed E-state index contributed by atoms with van der Waals surface area (Å²) in [5.74, 6) is -1.17. The van der Waals surface area contributed by atoms with Crippen LogP contribution in [0.3, 0.4) is 0 Å². The van der Waals surface area contributed by atoms with Crippen LogP contribution >= 0.6 is 11.6 Å². The van der Waals surface area contributed by atoms with E-state index in [0.717, 1.165) is 0 Å². The first kappa shape index (κ1) is 12.9. The van der Waals surface area contributed by atoms with E-state index >= 15 is 0 Å². The van der Waals surface area contributed by atoms with E-state index in [1.807, 2.05) is 0 Å². The van der Waals surface area contributed by atoms with Crippen molar-refractivity contribution in [3.8, 4) is 0 Å². The van der Waals surface area contributed by atoms with E-state index in [4.69, 9.17) is 16.7 Å². The molecule has 0 amide bonds. The van der Waals surface area contributed by atoms with E-state index < -0.39 is 24.6 Å². The quantitative estimate of drug-likeness (QED) is 0.686. The zero-order valence-electron chi connectivity index (χ0n) is 8.59. The van der Waals surface area contributed by atoms with E-state index in [9.17, 15) is 15.0 Å². The highest BCUT2D eigenvalue weighted by atomic mass is 35.5. The lowest BCUT2D eigenvalue weighted by Gasteiger charge is -2.17. The Kier molecular flexibility index (Phi) is 4.23. The van der Waals surface area contributed by atoms with Crippen LogP contribution in [0.2, 0.25) is 5.15 Å². The predicted octanol–water partition coefficient (Wildman–Crippen LogP) is 0.912. The molecule has 2 atom stereocenters. The SMILES string of the molecule is Cc1nc(Cl)ccc1C(O)C(O)CC(=O)O. The van der Waals surface area contributed by atoms with E-state index in [-0.39, 0.29) is 5.15 Å². The molecular weight excluding hydrogens is 234 g/mol. The van der Waals surface area contributed by atoms with E-state index in [1.165, 1.54) is 12.1 Å². The summed E-state index contributed by atoms with van der Waals surface area (Å²) in [7, 11) is 0. The summed E-state index contributed by atoms with van der Waals surface area (Å²) in [5, 5.41) is 27.9. The van der Waals surface area contributed by atoms with E-state index in [1.54, 1.807) is 6.92 Å². The van der Waals surface area contributed by atoms with Gasteiger partial charge in [0.15, 0.2) is 0 Å². The molecule has 88 valence electrons. The summed E-state index contributed by atoms with van der Waals surface area (Å²) in [4.78, 5) is 14.3. The summed E-state index contributed by atoms with van der Waals surface area (Å²) in [6.07, 6.45) is -3.16. The first-order chi connectivity index (χ1) is 7.41. The third-order valence-electron chi connectivity index (χ3n) is 2.16. The number of hydrogen-bond donors (Lipinski definition) is 3. The molecule has 2 unspecified atom stereocenters. The molecule has 0 aliphatic rings. The minimum absolute atomic E-state index is 0.279. The van der Waals surface area contributed by atoms with Gasteiger partial charge in [-0.25, -0.2) is 4.98 Å². The molecule has 1 heterocycles. The van der Waals surface area contributed by atoms with Crippen molar-refractivity contribution in [1.29, 1.82) is 0 Å². The van der Waals surface area contributed by atoms with E-state index in [0.29, 0.717) is 11.3 Å². The molecule has 16 heavy (non-hydrogen) atoms. The molecule has 0 aliphatic heterocycles. The number of aliphatic carboxylic acids is 1. The molecule has 1 aromatic rings. The van der Waals surface area contributed by atoms with Crippen molar-refractivity contribution < 1.29 is 20.1 Å². The lowest BCUT2D eigenvalue weighted by molar-refractivity contribution is -0.141. The number of aromatic nitrogens is 1. The molecule has 0 radical (unpaired) electrons. The van der Waals surface area contributed by atoms with E-state index in [2.05, 4.69) is 4.98 Å². The smallest absolute Gasteiger partial charge is 0.306 e. The third kappa shape index (κ3) is 3.16. The maximum Gasteiger partial charge on any atom is 0.306 e. The molecule has 0 saturated heterocycles. The molecule has 5 nitrogen and oxygen atoms in total. The number of rotatable bonds is 4. The molecule has 0 aliphatic carbocycles. The molecule has 0 saturated carbocycles. The zero-order valence-corrected chi connectivity index (χ0v) is 9.35. The number of nitrogens with zero attached hydrogens (tertiary/aromatic N) is 1. The fraction of sp³-hybridized carbons (Fsp3) is 0.400. The third-order valence-corrected chi connectivity index (χ3v) is 2.37. The number of carbonyl (C=O) groups is 1. The lowest BCUT2D eigenvalue weighted by Crippen LogP contribution is -2.22. The molecule has 1 rings (SSSR count). The largest absolute Gasteiger partial charge is 0.481 e. The summed E-state index contributed by atoms with van der Waals surface area (Å²) in [6, 6.07) is 2.99. The average Bonchev–Trinajstić information content (AvgIpc) is 2.15. The lowest BCUT2D eigenvalue weighted by atomic mass is 10.0. The van der Waals surface area contributed by atoms with Gasteiger partial charge in [-0.15, -0.1) is 0 Å². The number of aryl methyl sites for hydroxylation is 1. The Balaban J connectivity index is 2.87. The Bertz CT molecular complexity index is 396. The van der Waals surface area contributed by atoms with Crippen molar-refractivity contribution in [2.24, 2.45) is 0 Å². The van der Waals surface area contributed by atoms with Crippen LogP contribution in [0.4, 0.5) is 0 Å². The Morgan fingerprint density at radius 3 is 2.62 bits per heavy atom. The second kappa shape index (κ2) is 5.25. The Labute approximate surface area is 97.3 Å². The Morgan fingerprint density at radius 1 is 1.50 bits per heavy atom. The van der Waals surface area contributed by atoms with Gasteiger partial charge in [0.2, 0.25) is 0 Å². The summed E-state index contributed by atoms with van der Waals surface area (Å²) >= 11 is 5.64. The van der Waals surface area contributed by atoms with Crippen molar-refractivity contribution in [2.75, 3.05) is 0 Å². The van der Waals surface area contributed by atoms with Crippen LogP contribution in [0, 0.1) is 6.92 Å². The van der Waals surface area contributed by atoms with Gasteiger partial charge in [-0.2, -0.15) is 0 Å². The number of pyridine rings is 1. The van der Waals surface area contributed by atoms with Crippen LogP contribution in [-0.2, 0) is 4.79 Å². The van der Waals surface area contributed by atoms with Gasteiger partial charge in [-0.3, -0.25) is 4.79 Å². The highest BCUT2D eigenvalue weighted by molar-refractivity contribution is 6.29. The van der Waals surface area contributed by atoms with Crippen LogP contribution in [0.25, 0.3) is 0 Å². The first-order valence-electron chi connectivity index (χ1n) is 4.62. The van der Waals surface area contributed by atoms with Crippen LogP contribution in [-0.4, -0.2) is 32.4 Å². The molecule has 0 bridgehead atoms. The van der Waals surface area contributed by atoms with Crippen molar-refractivity contribution in [3.05, 3.63) is 28.5 Å². The second-order valence-electron chi connectivity index (χ2n) is 3.42. The second-order valence-corrected chi connectivity index (χ2v) is 3.81. The first-order valence-corrected chi connectivity index (χ1v) is 5.00. The van der Waals surface area contributed by atoms with Crippen molar-refractivity contribution in [1.82, 2.24) is 4.98 Å². The van der Waals surface area contributed by atoms with Gasteiger partial charge in [0.05, 0.1) is 12.5 Å². The number of aliphatic hydroxyl groups excluding tert-OH is 2. The number of halogens is 1. The normalized spacial score (nSPS) is 14.5. The summed E-state index contributed by atoms with van der Waals surface area (Å²) < 4.78 is 0. The van der Waals surface area contributed by atoms with Crippen LogP contribution in [0.5, 0.6) is 0 Å². The maximum absolute atomic E-state index is 10.4. The summed E-state index contributed by atoms with van der Waals surface area (Å²) in [6.45, 7) is 1.62. The summed E-state index contributed by atoms with van der Waals surface area (Å²) in [5.41, 5.74) is 0.836. The monoisotopic (exact) mass is 245 g/mol. The van der Waals surface area contributed by atoms with Crippen molar-refractivity contribution in [3.63, 3.8) is 0 Å². The van der Waals surface area contributed by atoms with Gasteiger partial charge in [-0.05, 0) is 13.0 Å². The number of aliphatic hydroxyl groups is 2. The number of carboxylic acids is 1. The van der Waals surface area contributed by atoms with Crippen molar-refractivity contribution in [2.45, 2.75) is 25.6 Å². The van der Waals surface area contributed by atoms with Gasteiger partial charge in [0.25, 0.3) is 0 Å². The minimum Gasteiger partial charge on any atom is -0.481 e. The van der Waals surface area contributed by atoms with Gasteiger partial charge >= 0.3 is 5.97 Å². The molecular formula is C10H12ClNO4. The molecule has 0 fully saturated rings. The minimum atomic E-state index is -1.36. The highest BCUT2D eigenvalue weighted by Gasteiger charge is 2.22. The molecule has 6 heteroatoms. The van der Waals surface area contributed by atoms with Crippen LogP contribution in [0.1, 0.15) is 23.8 Å². The van der Waals surface area contributed by atoms with Gasteiger partial charge in [0.1, 0.15) is 11.3 Å². The predicted molar refractivity (Wildman–Crippen MR) is 57.2 cm³/mol. The van der Waals surface area contributed by atoms with Crippen molar-refractivity contribution >= 4 is 17.6 Å². The van der Waals surface area contributed by atoms with Crippen LogP contribution < -0.4 is 0 Å². The average molecular weight is 246 g/mol. The fourth-order valence-electron chi connectivity index (χ4n) is 1.35. The van der Waals surface area contributed by atoms with Crippen LogP contribution in [0.15, 0.2) is 12.1 Å². The number of carboxylic acid groups (broad SMARTS) is 1. The Hall–Kier alpha value is -1.17. The Morgan fingerprint density at radius 2 is 2.12 bits per heavy atom. The highest BCUT2D eigenvalue weighted by Crippen LogP contribution is 2.22. The topological polar surface area (TPSA) is 90.7 Å². The fourth-order valence-corrected chi connectivity index (χ4v) is 1.54. The number of hydrogen-bond acceptors (Lipinski definition) is 4. The van der Waals surface area contributed by atoms with Gasteiger partial charge in [0, 0.05) is 11.3 Å². The maximum atomic E-state index is 10.4. The van der Waals surface area contributed by atoms with Gasteiger partial charge < -0.3 is 15.3 Å². The standard InChI is InChI=1S/C10H12ClNO4/c1-5-6(2-3-8(11)12-5)10(16)7(13)4-9(14)15/h2-3,7,10,13,16H,4H2,1H3,(H,14,15). The molecule has 0 aromatic carbocycles. The zero-order chi connectivity index (χ0) is 12.3. The molecule has 0 spiro atoms. The molecule has 3 N–H and O–H groups in total.